The minimum Gasteiger partial charge on any atom is -0.352 e. The second-order valence-corrected chi connectivity index (χ2v) is 6.44. The summed E-state index contributed by atoms with van der Waals surface area (Å²) in [6.07, 6.45) is 6.86. The molecule has 0 bridgehead atoms. The summed E-state index contributed by atoms with van der Waals surface area (Å²) in [6, 6.07) is 0.169. The summed E-state index contributed by atoms with van der Waals surface area (Å²) >= 11 is 0. The highest BCUT2D eigenvalue weighted by Crippen LogP contribution is 2.24. The molecular formula is C15H25N3O2. The Balaban J connectivity index is 1.53. The number of rotatable bonds is 4. The first-order valence-electron chi connectivity index (χ1n) is 8.04. The molecule has 3 aliphatic rings. The molecule has 0 spiro atoms. The van der Waals surface area contributed by atoms with E-state index in [4.69, 9.17) is 0 Å². The van der Waals surface area contributed by atoms with Crippen molar-refractivity contribution in [2.75, 3.05) is 19.6 Å². The Morgan fingerprint density at radius 3 is 2.70 bits per heavy atom. The van der Waals surface area contributed by atoms with Crippen LogP contribution in [-0.4, -0.2) is 48.4 Å². The van der Waals surface area contributed by atoms with Crippen LogP contribution in [0, 0.1) is 5.92 Å². The van der Waals surface area contributed by atoms with E-state index in [9.17, 15) is 9.59 Å². The van der Waals surface area contributed by atoms with Crippen LogP contribution in [0.5, 0.6) is 0 Å². The van der Waals surface area contributed by atoms with E-state index in [1.807, 2.05) is 4.90 Å². The fourth-order valence-electron chi connectivity index (χ4n) is 3.33. The Morgan fingerprint density at radius 2 is 2.00 bits per heavy atom. The number of amides is 2. The molecule has 2 atom stereocenters. The van der Waals surface area contributed by atoms with Crippen molar-refractivity contribution < 1.29 is 9.59 Å². The Bertz CT molecular complexity index is 375. The number of piperidine rings is 1. The van der Waals surface area contributed by atoms with E-state index < -0.39 is 0 Å². The van der Waals surface area contributed by atoms with Crippen LogP contribution >= 0.6 is 0 Å². The molecule has 3 rings (SSSR count). The summed E-state index contributed by atoms with van der Waals surface area (Å²) in [5.41, 5.74) is 0. The number of hydrogen-bond acceptors (Lipinski definition) is 3. The van der Waals surface area contributed by atoms with Crippen molar-refractivity contribution >= 4 is 11.8 Å². The van der Waals surface area contributed by atoms with Crippen molar-refractivity contribution in [1.82, 2.24) is 15.5 Å². The number of nitrogens with one attached hydrogen (secondary N) is 2. The van der Waals surface area contributed by atoms with Crippen LogP contribution in [0.2, 0.25) is 0 Å². The summed E-state index contributed by atoms with van der Waals surface area (Å²) in [4.78, 5) is 26.5. The maximum Gasteiger partial charge on any atom is 0.243 e. The maximum atomic E-state index is 12.4. The van der Waals surface area contributed by atoms with Crippen LogP contribution in [-0.2, 0) is 9.59 Å². The predicted molar refractivity (Wildman–Crippen MR) is 76.1 cm³/mol. The van der Waals surface area contributed by atoms with Gasteiger partial charge in [0, 0.05) is 19.0 Å². The number of likely N-dealkylation sites (tertiary alicyclic amines) is 1. The van der Waals surface area contributed by atoms with E-state index in [0.717, 1.165) is 58.2 Å². The summed E-state index contributed by atoms with van der Waals surface area (Å²) in [7, 11) is 0. The first-order chi connectivity index (χ1) is 9.74. The van der Waals surface area contributed by atoms with E-state index in [0.29, 0.717) is 18.4 Å². The largest absolute Gasteiger partial charge is 0.352 e. The lowest BCUT2D eigenvalue weighted by atomic mass is 9.95. The Labute approximate surface area is 120 Å². The SMILES string of the molecule is O=C(NC1CC1)C1CCCN1C(=O)CC1CCCNC1. The van der Waals surface area contributed by atoms with Crippen LogP contribution < -0.4 is 10.6 Å². The van der Waals surface area contributed by atoms with Gasteiger partial charge in [-0.3, -0.25) is 9.59 Å². The predicted octanol–water partition coefficient (Wildman–Crippen LogP) is 0.646. The highest BCUT2D eigenvalue weighted by molar-refractivity contribution is 5.88. The monoisotopic (exact) mass is 279 g/mol. The molecule has 2 heterocycles. The van der Waals surface area contributed by atoms with E-state index in [2.05, 4.69) is 10.6 Å². The average Bonchev–Trinajstić information content (AvgIpc) is 3.12. The van der Waals surface area contributed by atoms with Gasteiger partial charge in [-0.05, 0) is 57.5 Å². The first kappa shape index (κ1) is 13.9. The van der Waals surface area contributed by atoms with E-state index in [1.165, 1.54) is 0 Å². The molecule has 2 aliphatic heterocycles. The van der Waals surface area contributed by atoms with Gasteiger partial charge in [-0.15, -0.1) is 0 Å². The number of carbonyl (C=O) groups is 2. The zero-order chi connectivity index (χ0) is 13.9. The number of hydrogen-bond donors (Lipinski definition) is 2. The standard InChI is InChI=1S/C15H25N3O2/c19-14(9-11-3-1-7-16-10-11)18-8-2-4-13(18)15(20)17-12-5-6-12/h11-13,16H,1-10H2,(H,17,20). The average molecular weight is 279 g/mol. The molecule has 20 heavy (non-hydrogen) atoms. The van der Waals surface area contributed by atoms with E-state index >= 15 is 0 Å². The van der Waals surface area contributed by atoms with Crippen molar-refractivity contribution in [3.8, 4) is 0 Å². The molecule has 3 fully saturated rings. The van der Waals surface area contributed by atoms with Crippen LogP contribution in [0.25, 0.3) is 0 Å². The summed E-state index contributed by atoms with van der Waals surface area (Å²) in [5.74, 6) is 0.691. The van der Waals surface area contributed by atoms with Crippen LogP contribution in [0.15, 0.2) is 0 Å². The Kier molecular flexibility index (Phi) is 4.24. The number of carbonyl (C=O) groups excluding carboxylic acids is 2. The molecule has 1 saturated carbocycles. The molecular weight excluding hydrogens is 254 g/mol. The smallest absolute Gasteiger partial charge is 0.243 e. The van der Waals surface area contributed by atoms with Gasteiger partial charge in [0.1, 0.15) is 6.04 Å². The molecule has 2 N–H and O–H groups in total. The summed E-state index contributed by atoms with van der Waals surface area (Å²) < 4.78 is 0. The van der Waals surface area contributed by atoms with Gasteiger partial charge in [0.15, 0.2) is 0 Å². The van der Waals surface area contributed by atoms with Gasteiger partial charge < -0.3 is 15.5 Å². The van der Waals surface area contributed by atoms with Crippen molar-refractivity contribution in [2.24, 2.45) is 5.92 Å². The van der Waals surface area contributed by atoms with Gasteiger partial charge in [0.05, 0.1) is 0 Å². The highest BCUT2D eigenvalue weighted by atomic mass is 16.2. The van der Waals surface area contributed by atoms with Crippen molar-refractivity contribution in [1.29, 1.82) is 0 Å². The van der Waals surface area contributed by atoms with Crippen molar-refractivity contribution in [2.45, 2.75) is 57.0 Å². The van der Waals surface area contributed by atoms with Gasteiger partial charge in [-0.25, -0.2) is 0 Å². The number of nitrogens with zero attached hydrogens (tertiary/aromatic N) is 1. The van der Waals surface area contributed by atoms with Gasteiger partial charge in [-0.1, -0.05) is 0 Å². The Hall–Kier alpha value is -1.10. The fraction of sp³-hybridized carbons (Fsp3) is 0.867. The quantitative estimate of drug-likeness (QED) is 0.794. The third-order valence-corrected chi connectivity index (χ3v) is 4.66. The molecule has 5 heteroatoms. The van der Waals surface area contributed by atoms with Crippen LogP contribution in [0.4, 0.5) is 0 Å². The minimum absolute atomic E-state index is 0.0696. The molecule has 1 aliphatic carbocycles. The van der Waals surface area contributed by atoms with Gasteiger partial charge in [-0.2, -0.15) is 0 Å². The molecule has 5 nitrogen and oxygen atoms in total. The Morgan fingerprint density at radius 1 is 1.15 bits per heavy atom. The van der Waals surface area contributed by atoms with Gasteiger partial charge >= 0.3 is 0 Å². The minimum atomic E-state index is -0.209. The lowest BCUT2D eigenvalue weighted by molar-refractivity contribution is -0.139. The van der Waals surface area contributed by atoms with Crippen molar-refractivity contribution in [3.05, 3.63) is 0 Å². The van der Waals surface area contributed by atoms with Gasteiger partial charge in [0.2, 0.25) is 11.8 Å². The third kappa shape index (κ3) is 3.32. The highest BCUT2D eigenvalue weighted by Gasteiger charge is 2.36. The van der Waals surface area contributed by atoms with Crippen LogP contribution in [0.1, 0.15) is 44.9 Å². The topological polar surface area (TPSA) is 61.4 Å². The zero-order valence-electron chi connectivity index (χ0n) is 12.1. The molecule has 0 aromatic heterocycles. The molecule has 112 valence electrons. The second kappa shape index (κ2) is 6.12. The molecule has 2 unspecified atom stereocenters. The molecule has 0 radical (unpaired) electrons. The first-order valence-corrected chi connectivity index (χ1v) is 8.04. The van der Waals surface area contributed by atoms with Gasteiger partial charge in [0.25, 0.3) is 0 Å². The van der Waals surface area contributed by atoms with Crippen molar-refractivity contribution in [3.63, 3.8) is 0 Å². The summed E-state index contributed by atoms with van der Waals surface area (Å²) in [5, 5.41) is 6.39. The lowest BCUT2D eigenvalue weighted by Gasteiger charge is -2.28. The maximum absolute atomic E-state index is 12.4. The summed E-state index contributed by atoms with van der Waals surface area (Å²) in [6.45, 7) is 2.76. The zero-order valence-corrected chi connectivity index (χ0v) is 12.1. The van der Waals surface area contributed by atoms with E-state index in [1.54, 1.807) is 0 Å². The lowest BCUT2D eigenvalue weighted by Crippen LogP contribution is -2.47. The molecule has 2 amide bonds. The molecule has 0 aromatic carbocycles. The normalized spacial score (nSPS) is 30.3. The second-order valence-electron chi connectivity index (χ2n) is 6.44. The fourth-order valence-corrected chi connectivity index (χ4v) is 3.33. The van der Waals surface area contributed by atoms with Crippen LogP contribution in [0.3, 0.4) is 0 Å². The molecule has 2 saturated heterocycles. The molecule has 0 aromatic rings. The third-order valence-electron chi connectivity index (χ3n) is 4.66. The van der Waals surface area contributed by atoms with E-state index in [-0.39, 0.29) is 17.9 Å².